The van der Waals surface area contributed by atoms with Gasteiger partial charge in [0.1, 0.15) is 0 Å². The maximum absolute atomic E-state index is 4.32. The van der Waals surface area contributed by atoms with Crippen LogP contribution in [0, 0.1) is 6.92 Å². The number of fused-ring (bicyclic) bond motifs is 3. The summed E-state index contributed by atoms with van der Waals surface area (Å²) < 4.78 is 0. The molecule has 200 valence electrons. The summed E-state index contributed by atoms with van der Waals surface area (Å²) in [6.45, 7) is 22.7. The molecule has 4 aromatic carbocycles. The molecule has 0 unspecified atom stereocenters. The molecule has 1 aliphatic rings. The van der Waals surface area contributed by atoms with Crippen molar-refractivity contribution >= 4 is 17.7 Å². The average Bonchev–Trinajstić information content (AvgIpc) is 3.36. The molecule has 1 aliphatic carbocycles. The van der Waals surface area contributed by atoms with E-state index in [0.29, 0.717) is 0 Å². The molecule has 0 heterocycles. The van der Waals surface area contributed by atoms with Gasteiger partial charge in [-0.3, -0.25) is 0 Å². The highest BCUT2D eigenvalue weighted by atomic mass is 14.3. The second-order valence-electron chi connectivity index (χ2n) is 10.0. The first-order chi connectivity index (χ1) is 19.4. The highest BCUT2D eigenvalue weighted by Crippen LogP contribution is 2.42. The molecule has 0 saturated carbocycles. The SMILES string of the molecule is C=C/C(C)=C(\C=C)c1cccc2c1Cc1ccc(-c3cccc(C(/C=C\C)=c4\ccc(C)cc4=C)c3)cc1-2.CC. The maximum Gasteiger partial charge on any atom is -0.000728 e. The average molecular weight is 521 g/mol. The molecule has 0 N–H and O–H groups in total. The molecular formula is C40H40. The van der Waals surface area contributed by atoms with Crippen molar-refractivity contribution in [3.05, 3.63) is 160 Å². The predicted molar refractivity (Wildman–Crippen MR) is 178 cm³/mol. The first-order valence-corrected chi connectivity index (χ1v) is 14.2. The Hall–Kier alpha value is -4.42. The van der Waals surface area contributed by atoms with Gasteiger partial charge in [-0.2, -0.15) is 0 Å². The second kappa shape index (κ2) is 12.6. The molecule has 0 aliphatic heterocycles. The maximum atomic E-state index is 4.32. The van der Waals surface area contributed by atoms with Crippen LogP contribution in [0.15, 0.2) is 122 Å². The molecule has 0 saturated heterocycles. The summed E-state index contributed by atoms with van der Waals surface area (Å²) in [6.07, 6.45) is 9.09. The zero-order valence-electron chi connectivity index (χ0n) is 24.6. The van der Waals surface area contributed by atoms with Crippen LogP contribution in [-0.4, -0.2) is 0 Å². The van der Waals surface area contributed by atoms with E-state index in [4.69, 9.17) is 0 Å². The Bertz CT molecular complexity index is 1750. The predicted octanol–water partition coefficient (Wildman–Crippen LogP) is 9.59. The minimum Gasteiger partial charge on any atom is -0.0988 e. The number of rotatable bonds is 6. The number of aryl methyl sites for hydroxylation is 1. The van der Waals surface area contributed by atoms with Gasteiger partial charge in [0.15, 0.2) is 0 Å². The third-order valence-electron chi connectivity index (χ3n) is 7.56. The van der Waals surface area contributed by atoms with Crippen LogP contribution in [-0.2, 0) is 6.42 Å². The van der Waals surface area contributed by atoms with Gasteiger partial charge < -0.3 is 0 Å². The molecule has 0 radical (unpaired) electrons. The third kappa shape index (κ3) is 5.49. The second-order valence-corrected chi connectivity index (χ2v) is 10.0. The zero-order chi connectivity index (χ0) is 28.8. The van der Waals surface area contributed by atoms with Gasteiger partial charge in [0.05, 0.1) is 0 Å². The van der Waals surface area contributed by atoms with Crippen molar-refractivity contribution in [2.24, 2.45) is 0 Å². The van der Waals surface area contributed by atoms with Crippen LogP contribution in [0.3, 0.4) is 0 Å². The van der Waals surface area contributed by atoms with Gasteiger partial charge in [0.25, 0.3) is 0 Å². The summed E-state index contributed by atoms with van der Waals surface area (Å²) in [4.78, 5) is 0. The number of allylic oxidation sites excluding steroid dienone is 6. The van der Waals surface area contributed by atoms with Crippen molar-refractivity contribution in [1.29, 1.82) is 0 Å². The fourth-order valence-corrected chi connectivity index (χ4v) is 5.59. The molecule has 0 atom stereocenters. The van der Waals surface area contributed by atoms with Crippen LogP contribution in [0.1, 0.15) is 55.5 Å². The molecule has 5 rings (SSSR count). The van der Waals surface area contributed by atoms with Crippen LogP contribution in [0.25, 0.3) is 40.0 Å². The summed E-state index contributed by atoms with van der Waals surface area (Å²) >= 11 is 0. The highest BCUT2D eigenvalue weighted by Gasteiger charge is 2.22. The van der Waals surface area contributed by atoms with Gasteiger partial charge in [-0.05, 0) is 111 Å². The molecule has 40 heavy (non-hydrogen) atoms. The van der Waals surface area contributed by atoms with Gasteiger partial charge in [-0.15, -0.1) is 0 Å². The summed E-state index contributed by atoms with van der Waals surface area (Å²) in [7, 11) is 0. The fraction of sp³-hybridized carbons (Fsp3) is 0.150. The van der Waals surface area contributed by atoms with Crippen molar-refractivity contribution in [2.75, 3.05) is 0 Å². The van der Waals surface area contributed by atoms with Crippen LogP contribution < -0.4 is 10.4 Å². The Morgan fingerprint density at radius 2 is 1.55 bits per heavy atom. The van der Waals surface area contributed by atoms with Gasteiger partial charge in [0, 0.05) is 0 Å². The fourth-order valence-electron chi connectivity index (χ4n) is 5.59. The Morgan fingerprint density at radius 3 is 2.25 bits per heavy atom. The van der Waals surface area contributed by atoms with E-state index in [2.05, 4.69) is 132 Å². The van der Waals surface area contributed by atoms with Crippen LogP contribution in [0.4, 0.5) is 0 Å². The largest absolute Gasteiger partial charge is 0.0988 e. The Labute approximate surface area is 240 Å². The van der Waals surface area contributed by atoms with E-state index in [9.17, 15) is 0 Å². The standard InChI is InChI=1S/C38H34.C2H6/c1-7-12-34(33-20-17-25(4)21-27(33)6)30-14-10-13-28(22-30)29-18-19-31-24-38-35(32(9-3)26(5)8-2)15-11-16-36(38)37(31)23-29;1-2/h7-23H,2-3,6,24H2,1,4-5H3;1-2H3/b12-7-,32-26+,34-33+;. The minimum atomic E-state index is 0.932. The van der Waals surface area contributed by atoms with Gasteiger partial charge in [0.2, 0.25) is 0 Å². The number of hydrogen-bond donors (Lipinski definition) is 0. The normalized spacial score (nSPS) is 13.0. The van der Waals surface area contributed by atoms with Crippen molar-refractivity contribution in [1.82, 2.24) is 0 Å². The van der Waals surface area contributed by atoms with Crippen LogP contribution in [0.2, 0.25) is 0 Å². The van der Waals surface area contributed by atoms with E-state index in [1.165, 1.54) is 60.9 Å². The third-order valence-corrected chi connectivity index (χ3v) is 7.56. The van der Waals surface area contributed by atoms with E-state index in [0.717, 1.165) is 22.8 Å². The minimum absolute atomic E-state index is 0.932. The first kappa shape index (κ1) is 28.6. The van der Waals surface area contributed by atoms with E-state index in [1.54, 1.807) is 0 Å². The first-order valence-electron chi connectivity index (χ1n) is 14.2. The highest BCUT2D eigenvalue weighted by molar-refractivity contribution is 5.89. The molecule has 0 nitrogen and oxygen atoms in total. The number of hydrogen-bond acceptors (Lipinski definition) is 0. The van der Waals surface area contributed by atoms with Crippen LogP contribution >= 0.6 is 0 Å². The van der Waals surface area contributed by atoms with Gasteiger partial charge in [-0.25, -0.2) is 0 Å². The monoisotopic (exact) mass is 520 g/mol. The smallest absolute Gasteiger partial charge is 0.000728 e. The van der Waals surface area contributed by atoms with E-state index in [-0.39, 0.29) is 0 Å². The zero-order valence-corrected chi connectivity index (χ0v) is 24.6. The van der Waals surface area contributed by atoms with Crippen molar-refractivity contribution < 1.29 is 0 Å². The molecule has 0 spiro atoms. The van der Waals surface area contributed by atoms with E-state index >= 15 is 0 Å². The lowest BCUT2D eigenvalue weighted by Crippen LogP contribution is -2.25. The van der Waals surface area contributed by atoms with Crippen LogP contribution in [0.5, 0.6) is 0 Å². The Kier molecular flexibility index (Phi) is 9.02. The van der Waals surface area contributed by atoms with E-state index < -0.39 is 0 Å². The molecule has 0 bridgehead atoms. The van der Waals surface area contributed by atoms with Crippen molar-refractivity contribution in [2.45, 2.75) is 41.0 Å². The van der Waals surface area contributed by atoms with Crippen molar-refractivity contribution in [3.63, 3.8) is 0 Å². The molecule has 4 aromatic rings. The quantitative estimate of drug-likeness (QED) is 0.196. The lowest BCUT2D eigenvalue weighted by atomic mass is 9.92. The topological polar surface area (TPSA) is 0 Å². The summed E-state index contributed by atoms with van der Waals surface area (Å²) in [6, 6.07) is 28.9. The number of benzene rings is 4. The molecule has 0 fully saturated rings. The van der Waals surface area contributed by atoms with E-state index in [1.807, 2.05) is 26.0 Å². The molecular weight excluding hydrogens is 480 g/mol. The molecule has 0 aromatic heterocycles. The lowest BCUT2D eigenvalue weighted by molar-refractivity contribution is 1.25. The summed E-state index contributed by atoms with van der Waals surface area (Å²) in [5.41, 5.74) is 15.0. The molecule has 0 amide bonds. The van der Waals surface area contributed by atoms with Gasteiger partial charge >= 0.3 is 0 Å². The summed E-state index contributed by atoms with van der Waals surface area (Å²) in [5, 5.41) is 2.22. The Morgan fingerprint density at radius 1 is 0.800 bits per heavy atom. The summed E-state index contributed by atoms with van der Waals surface area (Å²) in [5.74, 6) is 0. The van der Waals surface area contributed by atoms with Crippen molar-refractivity contribution in [3.8, 4) is 22.3 Å². The van der Waals surface area contributed by atoms with Gasteiger partial charge in [-0.1, -0.05) is 130 Å². The Balaban J connectivity index is 0.00000181. The lowest BCUT2D eigenvalue weighted by Gasteiger charge is -2.12. The molecule has 0 heteroatoms.